The molecular weight excluding hydrogens is 308 g/mol. The molecule has 0 aliphatic carbocycles. The Morgan fingerprint density at radius 1 is 1.22 bits per heavy atom. The second-order valence-electron chi connectivity index (χ2n) is 5.48. The van der Waals surface area contributed by atoms with Gasteiger partial charge in [0, 0.05) is 11.9 Å². The summed E-state index contributed by atoms with van der Waals surface area (Å²) in [6.07, 6.45) is 1.90. The van der Waals surface area contributed by atoms with E-state index in [0.29, 0.717) is 5.16 Å². The lowest BCUT2D eigenvalue weighted by atomic mass is 10.1. The van der Waals surface area contributed by atoms with E-state index in [0.717, 1.165) is 16.9 Å². The molecule has 1 atom stereocenters. The van der Waals surface area contributed by atoms with Crippen LogP contribution in [0.15, 0.2) is 47.8 Å². The van der Waals surface area contributed by atoms with Crippen molar-refractivity contribution in [2.75, 3.05) is 5.32 Å². The zero-order valence-electron chi connectivity index (χ0n) is 13.3. The van der Waals surface area contributed by atoms with Crippen molar-refractivity contribution in [2.24, 2.45) is 0 Å². The molecule has 3 rings (SSSR count). The van der Waals surface area contributed by atoms with Gasteiger partial charge in [0.15, 0.2) is 10.8 Å². The predicted molar refractivity (Wildman–Crippen MR) is 92.9 cm³/mol. The molecule has 1 aromatic carbocycles. The second-order valence-corrected chi connectivity index (χ2v) is 6.79. The van der Waals surface area contributed by atoms with E-state index >= 15 is 0 Å². The van der Waals surface area contributed by atoms with Crippen LogP contribution in [-0.4, -0.2) is 25.8 Å². The smallest absolute Gasteiger partial charge is 0.237 e. The van der Waals surface area contributed by atoms with Crippen LogP contribution in [0.1, 0.15) is 18.1 Å². The van der Waals surface area contributed by atoms with Crippen molar-refractivity contribution in [3.05, 3.63) is 53.7 Å². The van der Waals surface area contributed by atoms with E-state index in [2.05, 4.69) is 21.6 Å². The lowest BCUT2D eigenvalue weighted by Crippen LogP contribution is -2.23. The molecule has 0 saturated heterocycles. The van der Waals surface area contributed by atoms with Gasteiger partial charge in [-0.2, -0.15) is 0 Å². The van der Waals surface area contributed by atoms with Gasteiger partial charge in [0.25, 0.3) is 0 Å². The molecule has 118 valence electrons. The van der Waals surface area contributed by atoms with Crippen molar-refractivity contribution >= 4 is 29.0 Å². The molecule has 0 fully saturated rings. The average molecular weight is 326 g/mol. The number of fused-ring (bicyclic) bond motifs is 1. The molecule has 0 radical (unpaired) electrons. The Kier molecular flexibility index (Phi) is 4.34. The summed E-state index contributed by atoms with van der Waals surface area (Å²) in [5.74, 6) is -0.0466. The number of nitrogens with one attached hydrogen (secondary N) is 1. The summed E-state index contributed by atoms with van der Waals surface area (Å²) in [5.41, 5.74) is 3.86. The number of anilines is 1. The normalized spacial score (nSPS) is 12.3. The Morgan fingerprint density at radius 3 is 2.83 bits per heavy atom. The van der Waals surface area contributed by atoms with E-state index < -0.39 is 0 Å². The first-order valence-electron chi connectivity index (χ1n) is 7.39. The zero-order valence-corrected chi connectivity index (χ0v) is 14.1. The SMILES string of the molecule is Cc1ccc(NC(=O)[C@@H](C)Sc2nnc3ccccn23)c(C)c1. The Morgan fingerprint density at radius 2 is 2.04 bits per heavy atom. The third-order valence-corrected chi connectivity index (χ3v) is 4.63. The van der Waals surface area contributed by atoms with Gasteiger partial charge in [-0.3, -0.25) is 9.20 Å². The number of carbonyl (C=O) groups is 1. The van der Waals surface area contributed by atoms with E-state index in [-0.39, 0.29) is 11.2 Å². The molecule has 23 heavy (non-hydrogen) atoms. The van der Waals surface area contributed by atoms with Crippen molar-refractivity contribution < 1.29 is 4.79 Å². The van der Waals surface area contributed by atoms with Crippen LogP contribution in [0.3, 0.4) is 0 Å². The van der Waals surface area contributed by atoms with Gasteiger partial charge in [0.05, 0.1) is 5.25 Å². The minimum absolute atomic E-state index is 0.0466. The fraction of sp³-hybridized carbons (Fsp3) is 0.235. The molecule has 2 aromatic heterocycles. The number of carbonyl (C=O) groups excluding carboxylic acids is 1. The highest BCUT2D eigenvalue weighted by Gasteiger charge is 2.18. The fourth-order valence-corrected chi connectivity index (χ4v) is 3.14. The van der Waals surface area contributed by atoms with Crippen molar-refractivity contribution in [2.45, 2.75) is 31.2 Å². The summed E-state index contributed by atoms with van der Waals surface area (Å²) in [5, 5.41) is 11.7. The molecule has 5 nitrogen and oxygen atoms in total. The molecule has 0 unspecified atom stereocenters. The Labute approximate surface area is 139 Å². The van der Waals surface area contributed by atoms with Crippen LogP contribution in [0, 0.1) is 13.8 Å². The minimum Gasteiger partial charge on any atom is -0.325 e. The van der Waals surface area contributed by atoms with Gasteiger partial charge in [0.2, 0.25) is 5.91 Å². The standard InChI is InChI=1S/C17H18N4OS/c1-11-7-8-14(12(2)10-11)18-16(22)13(3)23-17-20-19-15-6-4-5-9-21(15)17/h4-10,13H,1-3H3,(H,18,22)/t13-/m1/s1. The van der Waals surface area contributed by atoms with Crippen LogP contribution in [0.25, 0.3) is 5.65 Å². The summed E-state index contributed by atoms with van der Waals surface area (Å²) in [6, 6.07) is 11.7. The monoisotopic (exact) mass is 326 g/mol. The van der Waals surface area contributed by atoms with Crippen LogP contribution >= 0.6 is 11.8 Å². The van der Waals surface area contributed by atoms with Gasteiger partial charge in [-0.15, -0.1) is 10.2 Å². The maximum atomic E-state index is 12.4. The highest BCUT2D eigenvalue weighted by Crippen LogP contribution is 2.24. The Hall–Kier alpha value is -2.34. The third kappa shape index (κ3) is 3.37. The molecule has 6 heteroatoms. The Bertz CT molecular complexity index is 859. The molecule has 0 bridgehead atoms. The number of aromatic nitrogens is 3. The number of benzene rings is 1. The summed E-state index contributed by atoms with van der Waals surface area (Å²) in [4.78, 5) is 12.4. The van der Waals surface area contributed by atoms with Gasteiger partial charge in [-0.1, -0.05) is 35.5 Å². The number of hydrogen-bond acceptors (Lipinski definition) is 4. The number of rotatable bonds is 4. The number of thioether (sulfide) groups is 1. The van der Waals surface area contributed by atoms with Crippen molar-refractivity contribution in [1.29, 1.82) is 0 Å². The average Bonchev–Trinajstić information content (AvgIpc) is 2.93. The van der Waals surface area contributed by atoms with Gasteiger partial charge in [0.1, 0.15) is 0 Å². The van der Waals surface area contributed by atoms with Gasteiger partial charge in [-0.25, -0.2) is 0 Å². The topological polar surface area (TPSA) is 59.3 Å². The predicted octanol–water partition coefficient (Wildman–Crippen LogP) is 3.47. The highest BCUT2D eigenvalue weighted by atomic mass is 32.2. The van der Waals surface area contributed by atoms with Crippen molar-refractivity contribution in [3.63, 3.8) is 0 Å². The third-order valence-electron chi connectivity index (χ3n) is 3.57. The quantitative estimate of drug-likeness (QED) is 0.746. The fourth-order valence-electron chi connectivity index (χ4n) is 2.30. The van der Waals surface area contributed by atoms with Crippen molar-refractivity contribution in [3.8, 4) is 0 Å². The molecule has 2 heterocycles. The first-order chi connectivity index (χ1) is 11.0. The molecule has 3 aromatic rings. The van der Waals surface area contributed by atoms with E-state index in [4.69, 9.17) is 0 Å². The zero-order chi connectivity index (χ0) is 16.4. The van der Waals surface area contributed by atoms with Crippen LogP contribution < -0.4 is 5.32 Å². The Balaban J connectivity index is 1.72. The van der Waals surface area contributed by atoms with Crippen LogP contribution in [-0.2, 0) is 4.79 Å². The number of pyridine rings is 1. The second kappa shape index (κ2) is 6.42. The van der Waals surface area contributed by atoms with E-state index in [1.807, 2.05) is 61.7 Å². The summed E-state index contributed by atoms with van der Waals surface area (Å²) < 4.78 is 1.88. The van der Waals surface area contributed by atoms with Gasteiger partial charge in [-0.05, 0) is 44.5 Å². The first-order valence-corrected chi connectivity index (χ1v) is 8.27. The molecule has 0 saturated carbocycles. The van der Waals surface area contributed by atoms with E-state index in [1.165, 1.54) is 17.3 Å². The molecule has 0 aliphatic rings. The van der Waals surface area contributed by atoms with Crippen LogP contribution in [0.5, 0.6) is 0 Å². The van der Waals surface area contributed by atoms with Gasteiger partial charge >= 0.3 is 0 Å². The maximum Gasteiger partial charge on any atom is 0.237 e. The van der Waals surface area contributed by atoms with Crippen molar-refractivity contribution in [1.82, 2.24) is 14.6 Å². The van der Waals surface area contributed by atoms with E-state index in [9.17, 15) is 4.79 Å². The number of amides is 1. The van der Waals surface area contributed by atoms with Crippen LogP contribution in [0.2, 0.25) is 0 Å². The first kappa shape index (κ1) is 15.6. The molecule has 1 N–H and O–H groups in total. The molecular formula is C17H18N4OS. The number of hydrogen-bond donors (Lipinski definition) is 1. The van der Waals surface area contributed by atoms with Gasteiger partial charge < -0.3 is 5.32 Å². The largest absolute Gasteiger partial charge is 0.325 e. The highest BCUT2D eigenvalue weighted by molar-refractivity contribution is 8.00. The minimum atomic E-state index is -0.275. The van der Waals surface area contributed by atoms with Crippen LogP contribution in [0.4, 0.5) is 5.69 Å². The lowest BCUT2D eigenvalue weighted by Gasteiger charge is -2.13. The number of aryl methyl sites for hydroxylation is 2. The molecule has 1 amide bonds. The summed E-state index contributed by atoms with van der Waals surface area (Å²) >= 11 is 1.39. The summed E-state index contributed by atoms with van der Waals surface area (Å²) in [6.45, 7) is 5.90. The molecule has 0 spiro atoms. The maximum absolute atomic E-state index is 12.4. The molecule has 0 aliphatic heterocycles. The van der Waals surface area contributed by atoms with E-state index in [1.54, 1.807) is 0 Å². The number of nitrogens with zero attached hydrogens (tertiary/aromatic N) is 3. The lowest BCUT2D eigenvalue weighted by molar-refractivity contribution is -0.115. The summed E-state index contributed by atoms with van der Waals surface area (Å²) in [7, 11) is 0.